The molecule has 4 aliphatic carbocycles. The topological polar surface area (TPSA) is 67.4 Å². The van der Waals surface area contributed by atoms with Crippen molar-refractivity contribution in [3.63, 3.8) is 0 Å². The average molecular weight is 380 g/mol. The summed E-state index contributed by atoms with van der Waals surface area (Å²) in [5, 5.41) is 6.41. The van der Waals surface area contributed by atoms with E-state index in [9.17, 15) is 9.59 Å². The van der Waals surface area contributed by atoms with Crippen LogP contribution in [0.2, 0.25) is 0 Å². The highest BCUT2D eigenvalue weighted by molar-refractivity contribution is 6.02. The highest BCUT2D eigenvalue weighted by atomic mass is 16.5. The lowest BCUT2D eigenvalue weighted by Crippen LogP contribution is -2.66. The lowest BCUT2D eigenvalue weighted by Gasteiger charge is -2.57. The van der Waals surface area contributed by atoms with Gasteiger partial charge in [-0.15, -0.1) is 0 Å². The minimum atomic E-state index is -0.729. The first kappa shape index (κ1) is 16.9. The summed E-state index contributed by atoms with van der Waals surface area (Å²) < 4.78 is 6.06. The van der Waals surface area contributed by atoms with Crippen LogP contribution in [0, 0.1) is 23.7 Å². The largest absolute Gasteiger partial charge is 0.468 e. The third-order valence-corrected chi connectivity index (χ3v) is 8.04. The zero-order valence-electron chi connectivity index (χ0n) is 16.4. The molecule has 2 amide bonds. The third-order valence-electron chi connectivity index (χ3n) is 8.04. The summed E-state index contributed by atoms with van der Waals surface area (Å²) >= 11 is 0. The molecule has 1 saturated heterocycles. The number of ether oxygens (including phenoxy) is 1. The van der Waals surface area contributed by atoms with E-state index < -0.39 is 11.6 Å². The number of hydrogen-bond donors (Lipinski definition) is 2. The van der Waals surface area contributed by atoms with Gasteiger partial charge in [-0.2, -0.15) is 0 Å². The summed E-state index contributed by atoms with van der Waals surface area (Å²) in [5.41, 5.74) is 0.186. The van der Waals surface area contributed by atoms with Crippen LogP contribution in [0.4, 0.5) is 0 Å². The molecule has 1 aromatic rings. The molecular formula is C23H28N2O3. The van der Waals surface area contributed by atoms with Gasteiger partial charge in [-0.05, 0) is 74.8 Å². The van der Waals surface area contributed by atoms with Gasteiger partial charge in [-0.3, -0.25) is 9.59 Å². The summed E-state index contributed by atoms with van der Waals surface area (Å²) in [6.45, 7) is 1.90. The second-order valence-electron chi connectivity index (χ2n) is 10.3. The van der Waals surface area contributed by atoms with Crippen molar-refractivity contribution in [2.45, 2.75) is 69.1 Å². The smallest absolute Gasteiger partial charge is 0.236 e. The van der Waals surface area contributed by atoms with Crippen LogP contribution in [0.15, 0.2) is 24.3 Å². The quantitative estimate of drug-likeness (QED) is 0.775. The lowest BCUT2D eigenvalue weighted by atomic mass is 9.53. The Labute approximate surface area is 165 Å². The maximum absolute atomic E-state index is 13.5. The Kier molecular flexibility index (Phi) is 3.33. The Balaban J connectivity index is 1.31. The van der Waals surface area contributed by atoms with Crippen LogP contribution in [0.5, 0.6) is 5.75 Å². The summed E-state index contributed by atoms with van der Waals surface area (Å²) in [7, 11) is 0. The fraction of sp³-hybridized carbons (Fsp3) is 0.652. The summed E-state index contributed by atoms with van der Waals surface area (Å²) in [4.78, 5) is 26.5. The Morgan fingerprint density at radius 1 is 1.07 bits per heavy atom. The zero-order chi connectivity index (χ0) is 19.1. The number of rotatable bonds is 2. The van der Waals surface area contributed by atoms with Gasteiger partial charge in [0.25, 0.3) is 0 Å². The van der Waals surface area contributed by atoms with E-state index in [1.54, 1.807) is 0 Å². The van der Waals surface area contributed by atoms with Crippen molar-refractivity contribution < 1.29 is 14.3 Å². The van der Waals surface area contributed by atoms with Crippen LogP contribution in [0.1, 0.15) is 63.4 Å². The first-order valence-corrected chi connectivity index (χ1v) is 10.8. The maximum Gasteiger partial charge on any atom is 0.236 e. The molecule has 2 aliphatic heterocycles. The van der Waals surface area contributed by atoms with Crippen molar-refractivity contribution in [3.05, 3.63) is 29.8 Å². The SMILES string of the molecule is C[C@]12CC(c3ccccc3O1)C(C(=O)NC13CC4CC(CC(C4)C1)C3)C(=O)N2. The molecule has 2 N–H and O–H groups in total. The zero-order valence-corrected chi connectivity index (χ0v) is 16.4. The Hall–Kier alpha value is -2.04. The highest BCUT2D eigenvalue weighted by Gasteiger charge is 2.55. The highest BCUT2D eigenvalue weighted by Crippen LogP contribution is 2.56. The van der Waals surface area contributed by atoms with Crippen LogP contribution in [0.25, 0.3) is 0 Å². The van der Waals surface area contributed by atoms with Gasteiger partial charge in [0.2, 0.25) is 11.8 Å². The molecule has 4 saturated carbocycles. The van der Waals surface area contributed by atoms with Crippen molar-refractivity contribution in [2.75, 3.05) is 0 Å². The van der Waals surface area contributed by atoms with E-state index in [1.165, 1.54) is 19.3 Å². The fourth-order valence-corrected chi connectivity index (χ4v) is 7.49. The number of carbonyl (C=O) groups excluding carboxylic acids is 2. The van der Waals surface area contributed by atoms with E-state index in [4.69, 9.17) is 4.74 Å². The van der Waals surface area contributed by atoms with Gasteiger partial charge in [0.1, 0.15) is 11.7 Å². The minimum Gasteiger partial charge on any atom is -0.468 e. The molecule has 1 aromatic carbocycles. The van der Waals surface area contributed by atoms with Gasteiger partial charge in [-0.1, -0.05) is 18.2 Å². The molecule has 6 bridgehead atoms. The molecule has 2 heterocycles. The van der Waals surface area contributed by atoms with E-state index in [-0.39, 0.29) is 23.3 Å². The molecule has 0 spiro atoms. The van der Waals surface area contributed by atoms with Gasteiger partial charge >= 0.3 is 0 Å². The van der Waals surface area contributed by atoms with Crippen molar-refractivity contribution in [3.8, 4) is 5.75 Å². The lowest BCUT2D eigenvalue weighted by molar-refractivity contribution is -0.149. The normalized spacial score (nSPS) is 45.0. The van der Waals surface area contributed by atoms with Crippen LogP contribution < -0.4 is 15.4 Å². The first-order chi connectivity index (χ1) is 13.4. The van der Waals surface area contributed by atoms with Crippen molar-refractivity contribution >= 4 is 11.8 Å². The van der Waals surface area contributed by atoms with E-state index in [0.717, 1.165) is 48.3 Å². The number of amides is 2. The maximum atomic E-state index is 13.5. The van der Waals surface area contributed by atoms with Crippen LogP contribution in [-0.2, 0) is 9.59 Å². The fourth-order valence-electron chi connectivity index (χ4n) is 7.49. The Bertz CT molecular complexity index is 830. The summed E-state index contributed by atoms with van der Waals surface area (Å²) in [6, 6.07) is 7.84. The molecule has 5 nitrogen and oxygen atoms in total. The number of piperidine rings is 1. The first-order valence-electron chi connectivity index (χ1n) is 10.8. The van der Waals surface area contributed by atoms with E-state index in [0.29, 0.717) is 6.42 Å². The van der Waals surface area contributed by atoms with Gasteiger partial charge in [0.15, 0.2) is 5.72 Å². The molecule has 2 unspecified atom stereocenters. The average Bonchev–Trinajstić information content (AvgIpc) is 2.59. The predicted octanol–water partition coefficient (Wildman–Crippen LogP) is 3.10. The standard InChI is InChI=1S/C23H28N2O3/c1-22-12-17(16-4-2-3-5-18(16)28-22)19(20(26)24-22)21(27)25-23-9-13-6-14(10-23)8-15(7-13)11-23/h2-5,13-15,17,19H,6-12H2,1H3,(H,24,26)(H,25,27)/t13?,14?,15?,17?,19?,22-,23?/m1/s1. The van der Waals surface area contributed by atoms with Gasteiger partial charge in [0, 0.05) is 17.9 Å². The van der Waals surface area contributed by atoms with E-state index in [1.807, 2.05) is 31.2 Å². The molecule has 5 heteroatoms. The third kappa shape index (κ3) is 2.44. The van der Waals surface area contributed by atoms with Crippen molar-refractivity contribution in [2.24, 2.45) is 23.7 Å². The number of benzene rings is 1. The second kappa shape index (κ2) is 5.52. The minimum absolute atomic E-state index is 0.0719. The number of carbonyl (C=O) groups is 2. The van der Waals surface area contributed by atoms with Crippen LogP contribution >= 0.6 is 0 Å². The predicted molar refractivity (Wildman–Crippen MR) is 104 cm³/mol. The second-order valence-corrected chi connectivity index (χ2v) is 10.3. The van der Waals surface area contributed by atoms with Crippen LogP contribution in [-0.4, -0.2) is 23.1 Å². The number of hydrogen-bond acceptors (Lipinski definition) is 3. The van der Waals surface area contributed by atoms with Gasteiger partial charge in [-0.25, -0.2) is 0 Å². The molecule has 6 aliphatic rings. The monoisotopic (exact) mass is 380 g/mol. The molecule has 5 fully saturated rings. The van der Waals surface area contributed by atoms with E-state index in [2.05, 4.69) is 10.6 Å². The number of nitrogens with one attached hydrogen (secondary N) is 2. The molecule has 148 valence electrons. The number of fused-ring (bicyclic) bond motifs is 4. The molecular weight excluding hydrogens is 352 g/mol. The van der Waals surface area contributed by atoms with Gasteiger partial charge in [0.05, 0.1) is 0 Å². The molecule has 7 rings (SSSR count). The van der Waals surface area contributed by atoms with Crippen molar-refractivity contribution in [1.82, 2.24) is 10.6 Å². The molecule has 3 atom stereocenters. The van der Waals surface area contributed by atoms with Crippen LogP contribution in [0.3, 0.4) is 0 Å². The summed E-state index contributed by atoms with van der Waals surface area (Å²) in [5.74, 6) is 1.99. The van der Waals surface area contributed by atoms with Crippen molar-refractivity contribution in [1.29, 1.82) is 0 Å². The molecule has 0 radical (unpaired) electrons. The number of para-hydroxylation sites is 1. The Morgan fingerprint density at radius 2 is 1.71 bits per heavy atom. The summed E-state index contributed by atoms with van der Waals surface area (Å²) in [6.07, 6.45) is 7.94. The molecule has 28 heavy (non-hydrogen) atoms. The van der Waals surface area contributed by atoms with E-state index >= 15 is 0 Å². The molecule has 0 aromatic heterocycles. The van der Waals surface area contributed by atoms with Gasteiger partial charge < -0.3 is 15.4 Å². The Morgan fingerprint density at radius 3 is 2.39 bits per heavy atom.